The molecule has 0 aliphatic carbocycles. The van der Waals surface area contributed by atoms with Gasteiger partial charge >= 0.3 is 0 Å². The molecule has 2 aromatic rings. The molecule has 0 fully saturated rings. The van der Waals surface area contributed by atoms with Crippen molar-refractivity contribution in [3.8, 4) is 0 Å². The molecule has 0 saturated carbocycles. The van der Waals surface area contributed by atoms with Crippen LogP contribution in [0.2, 0.25) is 5.02 Å². The van der Waals surface area contributed by atoms with Gasteiger partial charge in [0.25, 0.3) is 5.56 Å². The third-order valence-corrected chi connectivity index (χ3v) is 2.87. The van der Waals surface area contributed by atoms with Crippen LogP contribution in [0.3, 0.4) is 0 Å². The van der Waals surface area contributed by atoms with E-state index in [-0.39, 0.29) is 16.9 Å². The molecule has 0 saturated heterocycles. The number of benzene rings is 1. The maximum Gasteiger partial charge on any atom is 0.271 e. The van der Waals surface area contributed by atoms with Crippen molar-refractivity contribution in [2.24, 2.45) is 0 Å². The zero-order valence-corrected chi connectivity index (χ0v) is 10.3. The van der Waals surface area contributed by atoms with Crippen LogP contribution in [0.1, 0.15) is 18.5 Å². The Morgan fingerprint density at radius 2 is 2.06 bits per heavy atom. The fourth-order valence-corrected chi connectivity index (χ4v) is 1.68. The quantitative estimate of drug-likeness (QED) is 0.899. The number of rotatable bonds is 3. The Hall–Kier alpha value is -1.88. The molecule has 0 spiro atoms. The first-order valence-corrected chi connectivity index (χ1v) is 5.71. The van der Waals surface area contributed by atoms with E-state index in [0.29, 0.717) is 5.82 Å². The number of aromatic amines is 1. The molecule has 0 aliphatic rings. The Kier molecular flexibility index (Phi) is 3.62. The lowest BCUT2D eigenvalue weighted by Gasteiger charge is -2.15. The fourth-order valence-electron chi connectivity index (χ4n) is 1.52. The van der Waals surface area contributed by atoms with Gasteiger partial charge in [0.2, 0.25) is 0 Å². The highest BCUT2D eigenvalue weighted by Gasteiger charge is 2.10. The zero-order valence-electron chi connectivity index (χ0n) is 9.58. The molecule has 0 aliphatic heterocycles. The molecular formula is C12H11ClFN3O. The molecule has 18 heavy (non-hydrogen) atoms. The van der Waals surface area contributed by atoms with E-state index in [1.165, 1.54) is 18.5 Å². The van der Waals surface area contributed by atoms with Crippen LogP contribution in [0.25, 0.3) is 0 Å². The van der Waals surface area contributed by atoms with Gasteiger partial charge < -0.3 is 10.3 Å². The van der Waals surface area contributed by atoms with Gasteiger partial charge in [0, 0.05) is 6.04 Å². The summed E-state index contributed by atoms with van der Waals surface area (Å²) in [5.41, 5.74) is 0.468. The Labute approximate surface area is 108 Å². The number of nitrogens with zero attached hydrogens (tertiary/aromatic N) is 1. The summed E-state index contributed by atoms with van der Waals surface area (Å²) in [6.45, 7) is 1.87. The van der Waals surface area contributed by atoms with Crippen LogP contribution >= 0.6 is 11.6 Å². The van der Waals surface area contributed by atoms with Crippen molar-refractivity contribution in [1.29, 1.82) is 0 Å². The summed E-state index contributed by atoms with van der Waals surface area (Å²) < 4.78 is 12.8. The maximum atomic E-state index is 12.8. The molecule has 1 atom stereocenters. The molecule has 94 valence electrons. The van der Waals surface area contributed by atoms with Gasteiger partial charge in [0.15, 0.2) is 5.82 Å². The first-order chi connectivity index (χ1) is 8.58. The average Bonchev–Trinajstić information content (AvgIpc) is 2.36. The molecule has 0 bridgehead atoms. The predicted molar refractivity (Wildman–Crippen MR) is 68.3 cm³/mol. The minimum absolute atomic E-state index is 0.00598. The molecule has 2 rings (SSSR count). The second kappa shape index (κ2) is 5.18. The summed E-state index contributed by atoms with van der Waals surface area (Å²) in [5.74, 6) is 0.00973. The third-order valence-electron chi connectivity index (χ3n) is 2.52. The van der Waals surface area contributed by atoms with Gasteiger partial charge in [-0.2, -0.15) is 0 Å². The van der Waals surface area contributed by atoms with Gasteiger partial charge in [0.05, 0.1) is 6.33 Å². The van der Waals surface area contributed by atoms with E-state index in [1.807, 2.05) is 6.92 Å². The van der Waals surface area contributed by atoms with Crippen molar-refractivity contribution >= 4 is 17.4 Å². The molecule has 1 heterocycles. The van der Waals surface area contributed by atoms with Crippen molar-refractivity contribution in [1.82, 2.24) is 9.97 Å². The smallest absolute Gasteiger partial charge is 0.271 e. The molecule has 0 amide bonds. The van der Waals surface area contributed by atoms with Gasteiger partial charge in [-0.15, -0.1) is 0 Å². The lowest BCUT2D eigenvalue weighted by atomic mass is 10.1. The molecule has 4 nitrogen and oxygen atoms in total. The number of aromatic nitrogens is 2. The third kappa shape index (κ3) is 2.68. The largest absolute Gasteiger partial charge is 0.362 e. The highest BCUT2D eigenvalue weighted by molar-refractivity contribution is 6.32. The fraction of sp³-hybridized carbons (Fsp3) is 0.167. The number of halogens is 2. The number of hydrogen-bond donors (Lipinski definition) is 2. The van der Waals surface area contributed by atoms with Crippen molar-refractivity contribution < 1.29 is 4.39 Å². The SMILES string of the molecule is CC(Nc1nc[nH]c(=O)c1Cl)c1ccc(F)cc1. The first kappa shape index (κ1) is 12.6. The molecule has 1 unspecified atom stereocenters. The number of anilines is 1. The summed E-state index contributed by atoms with van der Waals surface area (Å²) >= 11 is 5.82. The van der Waals surface area contributed by atoms with Crippen LogP contribution in [-0.2, 0) is 0 Å². The lowest BCUT2D eigenvalue weighted by Crippen LogP contribution is -2.14. The predicted octanol–water partition coefficient (Wildman–Crippen LogP) is 2.74. The van der Waals surface area contributed by atoms with Crippen LogP contribution in [0.5, 0.6) is 0 Å². The minimum atomic E-state index is -0.402. The van der Waals surface area contributed by atoms with Crippen molar-refractivity contribution in [3.63, 3.8) is 0 Å². The first-order valence-electron chi connectivity index (χ1n) is 5.33. The molecule has 1 aromatic carbocycles. The molecule has 2 N–H and O–H groups in total. The summed E-state index contributed by atoms with van der Waals surface area (Å²) in [4.78, 5) is 17.6. The Bertz CT molecular complexity index is 597. The summed E-state index contributed by atoms with van der Waals surface area (Å²) in [6.07, 6.45) is 1.27. The van der Waals surface area contributed by atoms with Crippen molar-refractivity contribution in [2.45, 2.75) is 13.0 Å². The highest BCUT2D eigenvalue weighted by atomic mass is 35.5. The highest BCUT2D eigenvalue weighted by Crippen LogP contribution is 2.21. The van der Waals surface area contributed by atoms with E-state index < -0.39 is 5.56 Å². The molecule has 1 aromatic heterocycles. The second-order valence-corrected chi connectivity index (χ2v) is 4.19. The number of hydrogen-bond acceptors (Lipinski definition) is 3. The molecular weight excluding hydrogens is 257 g/mol. The second-order valence-electron chi connectivity index (χ2n) is 3.81. The van der Waals surface area contributed by atoms with E-state index in [9.17, 15) is 9.18 Å². The van der Waals surface area contributed by atoms with Gasteiger partial charge in [-0.25, -0.2) is 9.37 Å². The van der Waals surface area contributed by atoms with E-state index in [0.717, 1.165) is 5.56 Å². The van der Waals surface area contributed by atoms with Crippen LogP contribution < -0.4 is 10.9 Å². The summed E-state index contributed by atoms with van der Waals surface area (Å²) in [6, 6.07) is 5.93. The Morgan fingerprint density at radius 1 is 1.39 bits per heavy atom. The van der Waals surface area contributed by atoms with Gasteiger partial charge in [-0.05, 0) is 24.6 Å². The van der Waals surface area contributed by atoms with Crippen LogP contribution in [-0.4, -0.2) is 9.97 Å². The Morgan fingerprint density at radius 3 is 2.72 bits per heavy atom. The summed E-state index contributed by atoms with van der Waals surface area (Å²) in [5, 5.41) is 3.01. The van der Waals surface area contributed by atoms with Crippen LogP contribution in [0, 0.1) is 5.82 Å². The summed E-state index contributed by atoms with van der Waals surface area (Å²) in [7, 11) is 0. The standard InChI is InChI=1S/C12H11ClFN3O/c1-7(8-2-4-9(14)5-3-8)17-11-10(13)12(18)16-6-15-11/h2-7H,1H3,(H2,15,16,17,18). The van der Waals surface area contributed by atoms with Crippen LogP contribution in [0.4, 0.5) is 10.2 Å². The lowest BCUT2D eigenvalue weighted by molar-refractivity contribution is 0.626. The van der Waals surface area contributed by atoms with Crippen molar-refractivity contribution in [2.75, 3.05) is 5.32 Å². The average molecular weight is 268 g/mol. The van der Waals surface area contributed by atoms with Gasteiger partial charge in [0.1, 0.15) is 10.8 Å². The molecule has 0 radical (unpaired) electrons. The Balaban J connectivity index is 2.21. The molecule has 6 heteroatoms. The van der Waals surface area contributed by atoms with E-state index in [1.54, 1.807) is 12.1 Å². The monoisotopic (exact) mass is 267 g/mol. The zero-order chi connectivity index (χ0) is 13.1. The van der Waals surface area contributed by atoms with Gasteiger partial charge in [-0.3, -0.25) is 4.79 Å². The van der Waals surface area contributed by atoms with E-state index in [2.05, 4.69) is 15.3 Å². The number of nitrogens with one attached hydrogen (secondary N) is 2. The maximum absolute atomic E-state index is 12.8. The number of H-pyrrole nitrogens is 1. The van der Waals surface area contributed by atoms with E-state index in [4.69, 9.17) is 11.6 Å². The van der Waals surface area contributed by atoms with Gasteiger partial charge in [-0.1, -0.05) is 23.7 Å². The normalized spacial score (nSPS) is 12.2. The van der Waals surface area contributed by atoms with Crippen LogP contribution in [0.15, 0.2) is 35.4 Å². The van der Waals surface area contributed by atoms with E-state index >= 15 is 0 Å². The topological polar surface area (TPSA) is 57.8 Å². The van der Waals surface area contributed by atoms with Crippen molar-refractivity contribution in [3.05, 3.63) is 57.3 Å². The minimum Gasteiger partial charge on any atom is -0.362 e.